The summed E-state index contributed by atoms with van der Waals surface area (Å²) in [6.07, 6.45) is 1.86. The third-order valence-corrected chi connectivity index (χ3v) is 1.77. The van der Waals surface area contributed by atoms with E-state index in [2.05, 4.69) is 15.3 Å². The number of aromatic nitrogens is 4. The second kappa shape index (κ2) is 2.69. The van der Waals surface area contributed by atoms with E-state index >= 15 is 0 Å². The monoisotopic (exact) mass is 178 g/mol. The van der Waals surface area contributed by atoms with Crippen LogP contribution in [0.15, 0.2) is 10.6 Å². The first kappa shape index (κ1) is 7.97. The smallest absolute Gasteiger partial charge is 0.251 e. The lowest BCUT2D eigenvalue weighted by Crippen LogP contribution is -1.86. The number of rotatable bonds is 1. The lowest BCUT2D eigenvalue weighted by molar-refractivity contribution is 0.532. The maximum atomic E-state index is 5.29. The average molecular weight is 178 g/mol. The highest BCUT2D eigenvalue weighted by atomic mass is 16.4. The fourth-order valence-corrected chi connectivity index (χ4v) is 1.21. The summed E-state index contributed by atoms with van der Waals surface area (Å²) in [4.78, 5) is 0. The predicted octanol–water partition coefficient (Wildman–Crippen LogP) is 1.09. The molecule has 0 unspecified atom stereocenters. The Kier molecular flexibility index (Phi) is 1.65. The molecule has 0 aromatic carbocycles. The van der Waals surface area contributed by atoms with Crippen molar-refractivity contribution in [3.8, 4) is 11.5 Å². The van der Waals surface area contributed by atoms with Gasteiger partial charge in [0.2, 0.25) is 5.89 Å². The van der Waals surface area contributed by atoms with E-state index in [1.165, 1.54) is 0 Å². The largest absolute Gasteiger partial charge is 0.421 e. The van der Waals surface area contributed by atoms with Crippen molar-refractivity contribution in [2.75, 3.05) is 0 Å². The van der Waals surface area contributed by atoms with Crippen molar-refractivity contribution in [3.63, 3.8) is 0 Å². The van der Waals surface area contributed by atoms with Crippen LogP contribution in [0.4, 0.5) is 0 Å². The van der Waals surface area contributed by atoms with Gasteiger partial charge in [-0.3, -0.25) is 4.68 Å². The van der Waals surface area contributed by atoms with Crippen LogP contribution in [0.25, 0.3) is 11.5 Å². The van der Waals surface area contributed by atoms with Crippen LogP contribution in [0.3, 0.4) is 0 Å². The Morgan fingerprint density at radius 2 is 2.08 bits per heavy atom. The van der Waals surface area contributed by atoms with E-state index in [9.17, 15) is 0 Å². The van der Waals surface area contributed by atoms with Crippen molar-refractivity contribution in [1.29, 1.82) is 0 Å². The molecule has 0 atom stereocenters. The van der Waals surface area contributed by atoms with Gasteiger partial charge in [-0.1, -0.05) is 0 Å². The number of aryl methyl sites for hydroxylation is 3. The third-order valence-electron chi connectivity index (χ3n) is 1.77. The Labute approximate surface area is 75.4 Å². The van der Waals surface area contributed by atoms with Crippen LogP contribution in [-0.2, 0) is 7.05 Å². The molecule has 0 saturated carbocycles. The van der Waals surface area contributed by atoms with Crippen molar-refractivity contribution < 1.29 is 4.42 Å². The Morgan fingerprint density at radius 1 is 1.31 bits per heavy atom. The van der Waals surface area contributed by atoms with Gasteiger partial charge in [-0.25, -0.2) is 0 Å². The van der Waals surface area contributed by atoms with Gasteiger partial charge in [0.1, 0.15) is 0 Å². The summed E-state index contributed by atoms with van der Waals surface area (Å²) in [5, 5.41) is 11.9. The zero-order valence-electron chi connectivity index (χ0n) is 7.77. The molecule has 0 aliphatic carbocycles. The van der Waals surface area contributed by atoms with E-state index in [-0.39, 0.29) is 0 Å². The first-order chi connectivity index (χ1) is 6.16. The van der Waals surface area contributed by atoms with E-state index in [0.29, 0.717) is 11.8 Å². The van der Waals surface area contributed by atoms with Gasteiger partial charge >= 0.3 is 0 Å². The molecule has 13 heavy (non-hydrogen) atoms. The van der Waals surface area contributed by atoms with E-state index in [4.69, 9.17) is 4.42 Å². The minimum atomic E-state index is 0.531. The van der Waals surface area contributed by atoms with Crippen LogP contribution in [0, 0.1) is 13.8 Å². The molecular weight excluding hydrogens is 168 g/mol. The molecule has 0 bridgehead atoms. The summed E-state index contributed by atoms with van der Waals surface area (Å²) < 4.78 is 7.01. The first-order valence-electron chi connectivity index (χ1n) is 3.97. The van der Waals surface area contributed by atoms with Crippen molar-refractivity contribution in [1.82, 2.24) is 20.0 Å². The highest BCUT2D eigenvalue weighted by Gasteiger charge is 2.11. The van der Waals surface area contributed by atoms with E-state index in [1.54, 1.807) is 11.6 Å². The highest BCUT2D eigenvalue weighted by Crippen LogP contribution is 2.19. The molecule has 2 aromatic heterocycles. The molecule has 0 N–H and O–H groups in total. The minimum absolute atomic E-state index is 0.531. The number of hydrogen-bond acceptors (Lipinski definition) is 4. The fraction of sp³-hybridized carbons (Fsp3) is 0.375. The molecule has 5 heteroatoms. The van der Waals surface area contributed by atoms with Crippen molar-refractivity contribution >= 4 is 0 Å². The SMILES string of the molecule is Cc1nnc(-c2cn(C)nc2C)o1. The van der Waals surface area contributed by atoms with Crippen LogP contribution in [0.1, 0.15) is 11.6 Å². The molecule has 0 radical (unpaired) electrons. The maximum Gasteiger partial charge on any atom is 0.251 e. The summed E-state index contributed by atoms with van der Waals surface area (Å²) in [7, 11) is 1.86. The van der Waals surface area contributed by atoms with Gasteiger partial charge in [0.15, 0.2) is 0 Å². The molecular formula is C8H10N4O. The molecule has 0 amide bonds. The Morgan fingerprint density at radius 3 is 2.54 bits per heavy atom. The predicted molar refractivity (Wildman–Crippen MR) is 46.0 cm³/mol. The van der Waals surface area contributed by atoms with E-state index in [0.717, 1.165) is 11.3 Å². The Balaban J connectivity index is 2.51. The zero-order valence-corrected chi connectivity index (χ0v) is 7.77. The lowest BCUT2D eigenvalue weighted by atomic mass is 10.3. The number of hydrogen-bond donors (Lipinski definition) is 0. The minimum Gasteiger partial charge on any atom is -0.421 e. The molecule has 0 saturated heterocycles. The topological polar surface area (TPSA) is 56.7 Å². The van der Waals surface area contributed by atoms with Gasteiger partial charge < -0.3 is 4.42 Å². The normalized spacial score (nSPS) is 10.7. The standard InChI is InChI=1S/C8H10N4O/c1-5-7(4-12(3)11-5)8-10-9-6(2)13-8/h4H,1-3H3. The second-order valence-electron chi connectivity index (χ2n) is 2.93. The molecule has 0 aliphatic rings. The van der Waals surface area contributed by atoms with E-state index < -0.39 is 0 Å². The van der Waals surface area contributed by atoms with Crippen molar-refractivity contribution in [2.24, 2.45) is 7.05 Å². The van der Waals surface area contributed by atoms with Crippen LogP contribution in [0.5, 0.6) is 0 Å². The van der Waals surface area contributed by atoms with E-state index in [1.807, 2.05) is 20.2 Å². The first-order valence-corrected chi connectivity index (χ1v) is 3.97. The molecule has 2 rings (SSSR count). The van der Waals surface area contributed by atoms with Gasteiger partial charge in [0.05, 0.1) is 11.3 Å². The van der Waals surface area contributed by atoms with Gasteiger partial charge in [0, 0.05) is 20.2 Å². The van der Waals surface area contributed by atoms with Gasteiger partial charge in [-0.05, 0) is 6.92 Å². The average Bonchev–Trinajstić information content (AvgIpc) is 2.58. The maximum absolute atomic E-state index is 5.29. The molecule has 5 nitrogen and oxygen atoms in total. The molecule has 0 fully saturated rings. The molecule has 68 valence electrons. The molecule has 0 spiro atoms. The van der Waals surface area contributed by atoms with Crippen LogP contribution < -0.4 is 0 Å². The summed E-state index contributed by atoms with van der Waals surface area (Å²) in [6, 6.07) is 0. The second-order valence-corrected chi connectivity index (χ2v) is 2.93. The zero-order chi connectivity index (χ0) is 9.42. The third kappa shape index (κ3) is 1.32. The van der Waals surface area contributed by atoms with Gasteiger partial charge in [-0.2, -0.15) is 5.10 Å². The summed E-state index contributed by atoms with van der Waals surface area (Å²) >= 11 is 0. The summed E-state index contributed by atoms with van der Waals surface area (Å²) in [6.45, 7) is 3.68. The highest BCUT2D eigenvalue weighted by molar-refractivity contribution is 5.54. The summed E-state index contributed by atoms with van der Waals surface area (Å²) in [5.41, 5.74) is 1.79. The summed E-state index contributed by atoms with van der Waals surface area (Å²) in [5.74, 6) is 1.10. The molecule has 2 heterocycles. The van der Waals surface area contributed by atoms with Gasteiger partial charge in [-0.15, -0.1) is 10.2 Å². The Hall–Kier alpha value is -1.65. The fourth-order valence-electron chi connectivity index (χ4n) is 1.21. The van der Waals surface area contributed by atoms with Crippen LogP contribution in [0.2, 0.25) is 0 Å². The molecule has 0 aliphatic heterocycles. The number of nitrogens with zero attached hydrogens (tertiary/aromatic N) is 4. The quantitative estimate of drug-likeness (QED) is 0.655. The lowest BCUT2D eigenvalue weighted by Gasteiger charge is -1.87. The van der Waals surface area contributed by atoms with Crippen molar-refractivity contribution in [3.05, 3.63) is 17.8 Å². The molecule has 2 aromatic rings. The van der Waals surface area contributed by atoms with Crippen LogP contribution >= 0.6 is 0 Å². The van der Waals surface area contributed by atoms with Crippen molar-refractivity contribution in [2.45, 2.75) is 13.8 Å². The Bertz CT molecular complexity index is 429. The van der Waals surface area contributed by atoms with Crippen LogP contribution in [-0.4, -0.2) is 20.0 Å². The van der Waals surface area contributed by atoms with Gasteiger partial charge in [0.25, 0.3) is 5.89 Å².